The van der Waals surface area contributed by atoms with Crippen molar-refractivity contribution in [3.8, 4) is 5.75 Å². The van der Waals surface area contributed by atoms with E-state index in [1.165, 1.54) is 31.4 Å². The van der Waals surface area contributed by atoms with Gasteiger partial charge in [-0.25, -0.2) is 8.42 Å². The molecular weight excluding hydrogens is 288 g/mol. The summed E-state index contributed by atoms with van der Waals surface area (Å²) < 4.78 is 30.8. The van der Waals surface area contributed by atoms with Crippen molar-refractivity contribution in [2.24, 2.45) is 5.73 Å². The second kappa shape index (κ2) is 6.35. The lowest BCUT2D eigenvalue weighted by Gasteiger charge is -2.13. The molecule has 0 aliphatic carbocycles. The Morgan fingerprint density at radius 1 is 1.45 bits per heavy atom. The second-order valence-corrected chi connectivity index (χ2v) is 5.58. The normalized spacial score (nSPS) is 12.7. The van der Waals surface area contributed by atoms with Crippen molar-refractivity contribution >= 4 is 21.9 Å². The molecule has 1 aromatic carbocycles. The lowest BCUT2D eigenvalue weighted by molar-refractivity contribution is -0.140. The van der Waals surface area contributed by atoms with Crippen LogP contribution in [0.3, 0.4) is 0 Å². The summed E-state index contributed by atoms with van der Waals surface area (Å²) in [5.41, 5.74) is 4.88. The highest BCUT2D eigenvalue weighted by Gasteiger charge is 2.27. The molecule has 8 nitrogen and oxygen atoms in total. The van der Waals surface area contributed by atoms with Crippen molar-refractivity contribution in [2.45, 2.75) is 17.4 Å². The van der Waals surface area contributed by atoms with Gasteiger partial charge in [0.15, 0.2) is 0 Å². The van der Waals surface area contributed by atoms with Gasteiger partial charge in [0.25, 0.3) is 0 Å². The molecule has 0 aromatic heterocycles. The molecule has 4 N–H and O–H groups in total. The lowest BCUT2D eigenvalue weighted by atomic mass is 10.2. The van der Waals surface area contributed by atoms with Gasteiger partial charge in [0.05, 0.1) is 18.4 Å². The molecule has 0 fully saturated rings. The van der Waals surface area contributed by atoms with Gasteiger partial charge in [0.1, 0.15) is 11.8 Å². The third kappa shape index (κ3) is 4.21. The smallest absolute Gasteiger partial charge is 0.322 e. The number of nitrogens with two attached hydrogens (primary N) is 1. The summed E-state index contributed by atoms with van der Waals surface area (Å²) in [6, 6.07) is 3.86. The fourth-order valence-electron chi connectivity index (χ4n) is 1.40. The first kappa shape index (κ1) is 15.9. The van der Waals surface area contributed by atoms with E-state index in [9.17, 15) is 18.0 Å². The van der Waals surface area contributed by atoms with Crippen molar-refractivity contribution in [1.29, 1.82) is 0 Å². The summed E-state index contributed by atoms with van der Waals surface area (Å²) in [6.45, 7) is 0. The number of nitrogens with one attached hydrogen (secondary N) is 1. The lowest BCUT2D eigenvalue weighted by Crippen LogP contribution is -2.43. The van der Waals surface area contributed by atoms with Gasteiger partial charge in [-0.15, -0.1) is 0 Å². The highest BCUT2D eigenvalue weighted by molar-refractivity contribution is 7.89. The maximum absolute atomic E-state index is 12.0. The number of benzene rings is 1. The Hall–Kier alpha value is -2.13. The topological polar surface area (TPSA) is 136 Å². The van der Waals surface area contributed by atoms with Crippen LogP contribution < -0.4 is 15.2 Å². The monoisotopic (exact) mass is 302 g/mol. The number of carboxylic acid groups (broad SMARTS) is 1. The van der Waals surface area contributed by atoms with Gasteiger partial charge in [0.2, 0.25) is 15.9 Å². The van der Waals surface area contributed by atoms with Crippen LogP contribution in [0.5, 0.6) is 5.75 Å². The van der Waals surface area contributed by atoms with Crippen LogP contribution in [0.1, 0.15) is 6.42 Å². The summed E-state index contributed by atoms with van der Waals surface area (Å²) in [6.07, 6.45) is -0.640. The van der Waals surface area contributed by atoms with Gasteiger partial charge < -0.3 is 15.6 Å². The zero-order valence-corrected chi connectivity index (χ0v) is 11.4. The fourth-order valence-corrected chi connectivity index (χ4v) is 2.63. The zero-order valence-electron chi connectivity index (χ0n) is 10.6. The number of rotatable bonds is 7. The van der Waals surface area contributed by atoms with Gasteiger partial charge in [-0.2, -0.15) is 4.72 Å². The third-order valence-electron chi connectivity index (χ3n) is 2.35. The molecule has 0 bridgehead atoms. The summed E-state index contributed by atoms with van der Waals surface area (Å²) in [5.74, 6) is -2.12. The molecule has 0 saturated carbocycles. The second-order valence-electron chi connectivity index (χ2n) is 3.86. The number of hydrogen-bond acceptors (Lipinski definition) is 5. The average molecular weight is 302 g/mol. The van der Waals surface area contributed by atoms with Crippen molar-refractivity contribution < 1.29 is 27.9 Å². The van der Waals surface area contributed by atoms with Crippen molar-refractivity contribution in [3.05, 3.63) is 24.3 Å². The van der Waals surface area contributed by atoms with Crippen LogP contribution >= 0.6 is 0 Å². The van der Waals surface area contributed by atoms with Crippen LogP contribution in [-0.4, -0.2) is 38.6 Å². The Bertz CT molecular complexity index is 613. The van der Waals surface area contributed by atoms with E-state index >= 15 is 0 Å². The number of carbonyl (C=O) groups excluding carboxylic acids is 1. The van der Waals surface area contributed by atoms with E-state index in [0.29, 0.717) is 5.75 Å². The molecule has 1 rings (SSSR count). The molecule has 0 unspecified atom stereocenters. The zero-order chi connectivity index (χ0) is 15.3. The minimum atomic E-state index is -4.10. The van der Waals surface area contributed by atoms with E-state index in [-0.39, 0.29) is 4.90 Å². The fraction of sp³-hybridized carbons (Fsp3) is 0.273. The Morgan fingerprint density at radius 2 is 2.10 bits per heavy atom. The van der Waals surface area contributed by atoms with E-state index in [2.05, 4.69) is 0 Å². The summed E-state index contributed by atoms with van der Waals surface area (Å²) in [4.78, 5) is 21.5. The Balaban J connectivity index is 3.02. The molecule has 9 heteroatoms. The number of ether oxygens (including phenoxy) is 1. The highest BCUT2D eigenvalue weighted by atomic mass is 32.2. The number of carbonyl (C=O) groups is 2. The molecule has 1 amide bonds. The first-order valence-electron chi connectivity index (χ1n) is 5.44. The van der Waals surface area contributed by atoms with Crippen LogP contribution in [0.25, 0.3) is 0 Å². The van der Waals surface area contributed by atoms with E-state index < -0.39 is 34.4 Å². The number of amides is 1. The largest absolute Gasteiger partial charge is 0.497 e. The maximum Gasteiger partial charge on any atom is 0.322 e. The standard InChI is InChI=1S/C11H14N2O6S/c1-19-7-3-2-4-8(5-7)20(17,18)13-9(11(15)16)6-10(12)14/h2-5,9,13H,6H2,1H3,(H2,12,14)(H,15,16)/t9-/m0/s1. The molecular formula is C11H14N2O6S. The molecule has 0 aliphatic heterocycles. The predicted octanol–water partition coefficient (Wildman–Crippen LogP) is -0.698. The number of methoxy groups -OCH3 is 1. The molecule has 1 atom stereocenters. The predicted molar refractivity (Wildman–Crippen MR) is 68.6 cm³/mol. The van der Waals surface area contributed by atoms with E-state index in [4.69, 9.17) is 15.6 Å². The molecule has 110 valence electrons. The molecule has 0 spiro atoms. The number of aliphatic carboxylic acids is 1. The minimum absolute atomic E-state index is 0.174. The number of hydrogen-bond donors (Lipinski definition) is 3. The van der Waals surface area contributed by atoms with Gasteiger partial charge in [0, 0.05) is 6.07 Å². The van der Waals surface area contributed by atoms with Crippen LogP contribution in [0.4, 0.5) is 0 Å². The van der Waals surface area contributed by atoms with Gasteiger partial charge in [-0.05, 0) is 12.1 Å². The highest BCUT2D eigenvalue weighted by Crippen LogP contribution is 2.17. The number of carboxylic acids is 1. The summed E-state index contributed by atoms with van der Waals surface area (Å²) in [7, 11) is -2.73. The van der Waals surface area contributed by atoms with E-state index in [0.717, 1.165) is 0 Å². The SMILES string of the molecule is COc1cccc(S(=O)(=O)N[C@@H](CC(N)=O)C(=O)O)c1. The van der Waals surface area contributed by atoms with Crippen molar-refractivity contribution in [2.75, 3.05) is 7.11 Å². The molecule has 1 aromatic rings. The summed E-state index contributed by atoms with van der Waals surface area (Å²) in [5, 5.41) is 8.87. The number of primary amides is 1. The first-order chi connectivity index (χ1) is 9.26. The van der Waals surface area contributed by atoms with E-state index in [1.54, 1.807) is 0 Å². The Labute approximate surface area is 115 Å². The summed E-state index contributed by atoms with van der Waals surface area (Å²) >= 11 is 0. The van der Waals surface area contributed by atoms with Crippen molar-refractivity contribution in [1.82, 2.24) is 4.72 Å². The van der Waals surface area contributed by atoms with Gasteiger partial charge in [-0.3, -0.25) is 9.59 Å². The molecule has 0 heterocycles. The maximum atomic E-state index is 12.0. The molecule has 0 saturated heterocycles. The number of sulfonamides is 1. The molecule has 20 heavy (non-hydrogen) atoms. The molecule has 0 aliphatic rings. The van der Waals surface area contributed by atoms with E-state index in [1.807, 2.05) is 4.72 Å². The van der Waals surface area contributed by atoms with Crippen LogP contribution in [0, 0.1) is 0 Å². The molecule has 0 radical (unpaired) electrons. The van der Waals surface area contributed by atoms with Crippen LogP contribution in [0.2, 0.25) is 0 Å². The third-order valence-corrected chi connectivity index (χ3v) is 3.82. The Morgan fingerprint density at radius 3 is 2.60 bits per heavy atom. The Kier molecular flexibility index (Phi) is 5.06. The van der Waals surface area contributed by atoms with Crippen LogP contribution in [0.15, 0.2) is 29.2 Å². The van der Waals surface area contributed by atoms with Gasteiger partial charge in [-0.1, -0.05) is 6.07 Å². The van der Waals surface area contributed by atoms with Crippen LogP contribution in [-0.2, 0) is 19.6 Å². The average Bonchev–Trinajstić information content (AvgIpc) is 2.37. The first-order valence-corrected chi connectivity index (χ1v) is 6.92. The van der Waals surface area contributed by atoms with Crippen molar-refractivity contribution in [3.63, 3.8) is 0 Å². The minimum Gasteiger partial charge on any atom is -0.497 e. The van der Waals surface area contributed by atoms with Gasteiger partial charge >= 0.3 is 5.97 Å². The quantitative estimate of drug-likeness (QED) is 0.609.